The Morgan fingerprint density at radius 2 is 1.93 bits per heavy atom. The Hall–Kier alpha value is -2.93. The summed E-state index contributed by atoms with van der Waals surface area (Å²) in [7, 11) is 1.60. The van der Waals surface area contributed by atoms with Gasteiger partial charge in [-0.05, 0) is 43.2 Å². The van der Waals surface area contributed by atoms with Crippen LogP contribution >= 0.6 is 0 Å². The number of rotatable bonds is 1. The van der Waals surface area contributed by atoms with E-state index < -0.39 is 0 Å². The summed E-state index contributed by atoms with van der Waals surface area (Å²) in [5, 5.41) is 8.84. The predicted molar refractivity (Wildman–Crippen MR) is 99.6 cm³/mol. The fourth-order valence-corrected chi connectivity index (χ4v) is 3.25. The molecule has 1 atom stereocenters. The molecule has 4 rings (SSSR count). The standard InChI is InChI=1S/C19H20N4O3.ClH/c1-11-7-13-8-16-17(26-10-25-16)9-15(13)18(22-23(11)19(24)21-2)12-3-5-14(20)6-4-12;/h3-6,8-9,11H,7,10,20H2,1-2H3,(H,21,24);1H. The molecule has 0 aliphatic carbocycles. The molecule has 0 fully saturated rings. The first kappa shape index (κ1) is 18.8. The Morgan fingerprint density at radius 1 is 1.26 bits per heavy atom. The van der Waals surface area contributed by atoms with Crippen LogP contribution in [0.25, 0.3) is 0 Å². The molecular formula is C19H21ClN4O3. The number of anilines is 1. The van der Waals surface area contributed by atoms with Crippen molar-refractivity contribution in [3.8, 4) is 11.5 Å². The normalized spacial score (nSPS) is 17.3. The fraction of sp³-hybridized carbons (Fsp3) is 0.263. The quantitative estimate of drug-likeness (QED) is 0.642. The molecule has 0 aromatic heterocycles. The number of nitrogens with zero attached hydrogens (tertiary/aromatic N) is 2. The van der Waals surface area contributed by atoms with Crippen LogP contribution in [0, 0.1) is 0 Å². The molecule has 0 spiro atoms. The van der Waals surface area contributed by atoms with Gasteiger partial charge in [-0.1, -0.05) is 12.1 Å². The molecule has 2 aliphatic rings. The first-order valence-corrected chi connectivity index (χ1v) is 8.45. The molecule has 2 amide bonds. The summed E-state index contributed by atoms with van der Waals surface area (Å²) in [6.07, 6.45) is 0.654. The van der Waals surface area contributed by atoms with Crippen molar-refractivity contribution in [2.24, 2.45) is 5.10 Å². The van der Waals surface area contributed by atoms with Crippen LogP contribution in [0.4, 0.5) is 10.5 Å². The molecule has 3 N–H and O–H groups in total. The predicted octanol–water partition coefficient (Wildman–Crippen LogP) is -0.548. The molecule has 142 valence electrons. The van der Waals surface area contributed by atoms with E-state index in [1.807, 2.05) is 43.3 Å². The number of ether oxygens (including phenoxy) is 2. The fourth-order valence-electron chi connectivity index (χ4n) is 3.25. The number of amides is 2. The highest BCUT2D eigenvalue weighted by molar-refractivity contribution is 6.14. The van der Waals surface area contributed by atoms with Gasteiger partial charge in [0.2, 0.25) is 6.79 Å². The third-order valence-corrected chi connectivity index (χ3v) is 4.60. The zero-order chi connectivity index (χ0) is 18.3. The highest BCUT2D eigenvalue weighted by Gasteiger charge is 2.29. The molecule has 7 nitrogen and oxygen atoms in total. The van der Waals surface area contributed by atoms with Crippen molar-refractivity contribution in [2.45, 2.75) is 19.4 Å². The van der Waals surface area contributed by atoms with Crippen LogP contribution in [0.5, 0.6) is 11.5 Å². The number of nitrogens with one attached hydrogen (secondary N) is 1. The van der Waals surface area contributed by atoms with E-state index in [0.29, 0.717) is 23.6 Å². The summed E-state index contributed by atoms with van der Waals surface area (Å²) in [6, 6.07) is 11.0. The molecule has 2 aromatic carbocycles. The second-order valence-corrected chi connectivity index (χ2v) is 6.39. The van der Waals surface area contributed by atoms with Gasteiger partial charge in [0, 0.05) is 23.9 Å². The van der Waals surface area contributed by atoms with Gasteiger partial charge < -0.3 is 32.9 Å². The molecule has 0 saturated heterocycles. The number of fused-ring (bicyclic) bond motifs is 2. The first-order valence-electron chi connectivity index (χ1n) is 8.45. The van der Waals surface area contributed by atoms with Crippen LogP contribution in [-0.2, 0) is 6.42 Å². The van der Waals surface area contributed by atoms with E-state index in [1.165, 1.54) is 5.01 Å². The van der Waals surface area contributed by atoms with E-state index in [4.69, 9.17) is 20.3 Å². The van der Waals surface area contributed by atoms with Crippen LogP contribution < -0.4 is 32.9 Å². The third-order valence-electron chi connectivity index (χ3n) is 4.60. The number of carbonyl (C=O) groups is 1. The van der Waals surface area contributed by atoms with Crippen molar-refractivity contribution in [2.75, 3.05) is 19.6 Å². The van der Waals surface area contributed by atoms with E-state index in [1.54, 1.807) is 7.05 Å². The Bertz CT molecular complexity index is 905. The number of nitrogens with two attached hydrogens (primary N) is 1. The number of urea groups is 1. The van der Waals surface area contributed by atoms with Crippen LogP contribution in [0.2, 0.25) is 0 Å². The molecule has 2 aromatic rings. The van der Waals surface area contributed by atoms with Crippen LogP contribution in [0.1, 0.15) is 25.0 Å². The van der Waals surface area contributed by atoms with E-state index >= 15 is 0 Å². The van der Waals surface area contributed by atoms with E-state index in [9.17, 15) is 4.79 Å². The average molecular weight is 389 g/mol. The Morgan fingerprint density at radius 3 is 2.59 bits per heavy atom. The average Bonchev–Trinajstić information content (AvgIpc) is 3.04. The summed E-state index contributed by atoms with van der Waals surface area (Å²) < 4.78 is 11.1. The lowest BCUT2D eigenvalue weighted by atomic mass is 9.94. The minimum atomic E-state index is -0.252. The summed E-state index contributed by atoms with van der Waals surface area (Å²) in [4.78, 5) is 12.4. The van der Waals surface area contributed by atoms with E-state index in [0.717, 1.165) is 22.4 Å². The van der Waals surface area contributed by atoms with Gasteiger partial charge in [0.25, 0.3) is 0 Å². The SMILES string of the molecule is CNC(=O)N1N=C(c2ccc(N)cc2)c2cc3c(cc2CC1C)OCO3.[Cl-].[H+]. The van der Waals surface area contributed by atoms with Crippen molar-refractivity contribution in [3.05, 3.63) is 53.1 Å². The van der Waals surface area contributed by atoms with Gasteiger partial charge >= 0.3 is 7.46 Å². The van der Waals surface area contributed by atoms with Gasteiger partial charge in [-0.15, -0.1) is 0 Å². The Kier molecular flexibility index (Phi) is 5.14. The molecule has 1 unspecified atom stereocenters. The van der Waals surface area contributed by atoms with Crippen molar-refractivity contribution in [3.63, 3.8) is 0 Å². The molecule has 27 heavy (non-hydrogen) atoms. The highest BCUT2D eigenvalue weighted by atomic mass is 35.5. The second-order valence-electron chi connectivity index (χ2n) is 6.39. The van der Waals surface area contributed by atoms with Crippen LogP contribution in [0.3, 0.4) is 0 Å². The zero-order valence-electron chi connectivity index (χ0n) is 16.0. The second kappa shape index (κ2) is 7.36. The first-order chi connectivity index (χ1) is 12.6. The summed E-state index contributed by atoms with van der Waals surface area (Å²) in [5.74, 6) is 1.41. The lowest BCUT2D eigenvalue weighted by Crippen LogP contribution is -3.00. The number of hydrogen-bond donors (Lipinski definition) is 2. The number of benzene rings is 2. The molecule has 2 aliphatic heterocycles. The number of halogens is 1. The van der Waals surface area contributed by atoms with E-state index in [2.05, 4.69) is 5.32 Å². The maximum Gasteiger partial charge on any atom is 1.00 e. The van der Waals surface area contributed by atoms with E-state index in [-0.39, 0.29) is 32.7 Å². The van der Waals surface area contributed by atoms with Crippen LogP contribution in [0.15, 0.2) is 41.5 Å². The number of carbonyl (C=O) groups excluding carboxylic acids is 1. The monoisotopic (exact) mass is 388 g/mol. The molecule has 0 radical (unpaired) electrons. The van der Waals surface area contributed by atoms with Gasteiger partial charge in [0.1, 0.15) is 0 Å². The highest BCUT2D eigenvalue weighted by Crippen LogP contribution is 2.37. The maximum atomic E-state index is 12.4. The van der Waals surface area contributed by atoms with Gasteiger partial charge in [0.05, 0.1) is 11.8 Å². The van der Waals surface area contributed by atoms with Crippen molar-refractivity contribution >= 4 is 17.4 Å². The Labute approximate surface area is 165 Å². The molecule has 8 heteroatoms. The van der Waals surface area contributed by atoms with Gasteiger partial charge in [-0.25, -0.2) is 9.80 Å². The minimum absolute atomic E-state index is 0. The van der Waals surface area contributed by atoms with Crippen molar-refractivity contribution in [1.82, 2.24) is 10.3 Å². The van der Waals surface area contributed by atoms with Crippen molar-refractivity contribution in [1.29, 1.82) is 0 Å². The summed E-state index contributed by atoms with van der Waals surface area (Å²) in [5.41, 5.74) is 10.1. The largest absolute Gasteiger partial charge is 1.00 e. The van der Waals surface area contributed by atoms with Crippen LogP contribution in [-0.4, -0.2) is 36.6 Å². The zero-order valence-corrected chi connectivity index (χ0v) is 15.8. The third kappa shape index (κ3) is 3.38. The summed E-state index contributed by atoms with van der Waals surface area (Å²) in [6.45, 7) is 2.19. The Balaban J connectivity index is 0.00000140. The summed E-state index contributed by atoms with van der Waals surface area (Å²) >= 11 is 0. The topological polar surface area (TPSA) is 89.2 Å². The van der Waals surface area contributed by atoms with Gasteiger partial charge in [0.15, 0.2) is 11.5 Å². The maximum absolute atomic E-state index is 12.4. The van der Waals surface area contributed by atoms with Gasteiger partial charge in [-0.3, -0.25) is 0 Å². The lowest BCUT2D eigenvalue weighted by molar-refractivity contribution is -0.0000108. The van der Waals surface area contributed by atoms with Crippen molar-refractivity contribution < 1.29 is 28.1 Å². The van der Waals surface area contributed by atoms with Gasteiger partial charge in [-0.2, -0.15) is 5.10 Å². The molecule has 2 heterocycles. The number of hydrazone groups is 1. The molecule has 0 bridgehead atoms. The number of nitrogen functional groups attached to an aromatic ring is 1. The smallest absolute Gasteiger partial charge is 1.00 e. The molecular weight excluding hydrogens is 368 g/mol. The lowest BCUT2D eigenvalue weighted by Gasteiger charge is -2.22. The minimum Gasteiger partial charge on any atom is -1.00 e. The molecule has 0 saturated carbocycles. The number of hydrogen-bond acceptors (Lipinski definition) is 5.